The second-order valence-corrected chi connectivity index (χ2v) is 7.84. The van der Waals surface area contributed by atoms with Gasteiger partial charge in [-0.1, -0.05) is 60.3 Å². The van der Waals surface area contributed by atoms with E-state index in [1.165, 1.54) is 64.3 Å². The van der Waals surface area contributed by atoms with E-state index in [0.717, 1.165) is 11.8 Å². The summed E-state index contributed by atoms with van der Waals surface area (Å²) in [6.07, 6.45) is 12.9. The molecule has 0 aromatic heterocycles. The molecule has 1 aliphatic carbocycles. The van der Waals surface area contributed by atoms with Crippen LogP contribution in [0.25, 0.3) is 0 Å². The fourth-order valence-corrected chi connectivity index (χ4v) is 3.83. The Bertz CT molecular complexity index is 238. The van der Waals surface area contributed by atoms with Crippen molar-refractivity contribution < 1.29 is 0 Å². The second-order valence-electron chi connectivity index (χ2n) is 7.84. The third-order valence-corrected chi connectivity index (χ3v) is 5.50. The minimum absolute atomic E-state index is 0.600. The summed E-state index contributed by atoms with van der Waals surface area (Å²) >= 11 is 0. The van der Waals surface area contributed by atoms with Crippen molar-refractivity contribution in [2.45, 2.75) is 98.4 Å². The highest BCUT2D eigenvalue weighted by Crippen LogP contribution is 2.44. The fraction of sp³-hybridized carbons (Fsp3) is 1.00. The van der Waals surface area contributed by atoms with Crippen molar-refractivity contribution in [3.63, 3.8) is 0 Å². The highest BCUT2D eigenvalue weighted by molar-refractivity contribution is 4.89. The Labute approximate surface area is 128 Å². The standard InChI is InChI=1S/C19H39N/c1-6-8-9-18-10-12-19(13-11-18,14-17(5)7-2)15-20-16(3)4/h16-18,20H,6-15H2,1-5H3. The molecule has 0 aliphatic heterocycles. The van der Waals surface area contributed by atoms with Crippen LogP contribution in [0.15, 0.2) is 0 Å². The van der Waals surface area contributed by atoms with Crippen LogP contribution in [0, 0.1) is 17.3 Å². The first-order valence-electron chi connectivity index (χ1n) is 9.24. The molecule has 0 bridgehead atoms. The molecule has 0 aromatic rings. The summed E-state index contributed by atoms with van der Waals surface area (Å²) in [6.45, 7) is 12.9. The van der Waals surface area contributed by atoms with E-state index >= 15 is 0 Å². The van der Waals surface area contributed by atoms with Gasteiger partial charge in [0.25, 0.3) is 0 Å². The van der Waals surface area contributed by atoms with E-state index in [1.807, 2.05) is 0 Å². The van der Waals surface area contributed by atoms with E-state index in [0.29, 0.717) is 11.5 Å². The molecule has 0 aromatic carbocycles. The molecular weight excluding hydrogens is 242 g/mol. The maximum absolute atomic E-state index is 3.74. The zero-order valence-corrected chi connectivity index (χ0v) is 14.8. The van der Waals surface area contributed by atoms with Gasteiger partial charge in [-0.15, -0.1) is 0 Å². The van der Waals surface area contributed by atoms with Crippen LogP contribution in [0.2, 0.25) is 0 Å². The Kier molecular flexibility index (Phi) is 8.17. The van der Waals surface area contributed by atoms with Gasteiger partial charge in [0.15, 0.2) is 0 Å². The average Bonchev–Trinajstić information content (AvgIpc) is 2.44. The van der Waals surface area contributed by atoms with Crippen LogP contribution in [0.5, 0.6) is 0 Å². The minimum atomic E-state index is 0.600. The van der Waals surface area contributed by atoms with E-state index in [4.69, 9.17) is 0 Å². The lowest BCUT2D eigenvalue weighted by molar-refractivity contribution is 0.105. The van der Waals surface area contributed by atoms with Crippen molar-refractivity contribution in [2.24, 2.45) is 17.3 Å². The highest BCUT2D eigenvalue weighted by atomic mass is 14.9. The molecule has 0 spiro atoms. The molecule has 1 unspecified atom stereocenters. The van der Waals surface area contributed by atoms with Crippen LogP contribution in [0.1, 0.15) is 92.4 Å². The van der Waals surface area contributed by atoms with Crippen molar-refractivity contribution in [3.05, 3.63) is 0 Å². The number of hydrogen-bond donors (Lipinski definition) is 1. The summed E-state index contributed by atoms with van der Waals surface area (Å²) < 4.78 is 0. The van der Waals surface area contributed by atoms with Crippen LogP contribution in [0.4, 0.5) is 0 Å². The fourth-order valence-electron chi connectivity index (χ4n) is 3.83. The summed E-state index contributed by atoms with van der Waals surface area (Å²) in [7, 11) is 0. The highest BCUT2D eigenvalue weighted by Gasteiger charge is 2.35. The first-order chi connectivity index (χ1) is 9.51. The molecule has 120 valence electrons. The Hall–Kier alpha value is -0.0400. The SMILES string of the molecule is CCCCC1CCC(CNC(C)C)(CC(C)CC)CC1. The van der Waals surface area contributed by atoms with Crippen LogP contribution in [0.3, 0.4) is 0 Å². The van der Waals surface area contributed by atoms with Crippen LogP contribution < -0.4 is 5.32 Å². The zero-order valence-electron chi connectivity index (χ0n) is 14.8. The molecule has 0 heterocycles. The molecule has 1 aliphatic rings. The van der Waals surface area contributed by atoms with Gasteiger partial charge in [0.2, 0.25) is 0 Å². The van der Waals surface area contributed by atoms with E-state index in [1.54, 1.807) is 0 Å². The van der Waals surface area contributed by atoms with E-state index in [9.17, 15) is 0 Å². The maximum atomic E-state index is 3.74. The van der Waals surface area contributed by atoms with Crippen molar-refractivity contribution in [2.75, 3.05) is 6.54 Å². The van der Waals surface area contributed by atoms with Crippen molar-refractivity contribution in [3.8, 4) is 0 Å². The molecule has 1 fully saturated rings. The zero-order chi connectivity index (χ0) is 15.0. The average molecular weight is 282 g/mol. The summed E-state index contributed by atoms with van der Waals surface area (Å²) in [5.74, 6) is 1.91. The van der Waals surface area contributed by atoms with Gasteiger partial charge in [-0.2, -0.15) is 0 Å². The summed E-state index contributed by atoms with van der Waals surface area (Å²) in [4.78, 5) is 0. The molecule has 1 nitrogen and oxygen atoms in total. The second kappa shape index (κ2) is 9.07. The molecule has 0 radical (unpaired) electrons. The molecule has 1 rings (SSSR count). The Morgan fingerprint density at radius 3 is 2.25 bits per heavy atom. The van der Waals surface area contributed by atoms with Gasteiger partial charge < -0.3 is 5.32 Å². The lowest BCUT2D eigenvalue weighted by Gasteiger charge is -2.42. The summed E-state index contributed by atoms with van der Waals surface area (Å²) in [5.41, 5.74) is 0.600. The lowest BCUT2D eigenvalue weighted by Crippen LogP contribution is -2.41. The smallest absolute Gasteiger partial charge is 0.00106 e. The van der Waals surface area contributed by atoms with Crippen LogP contribution >= 0.6 is 0 Å². The van der Waals surface area contributed by atoms with Gasteiger partial charge in [-0.25, -0.2) is 0 Å². The van der Waals surface area contributed by atoms with Gasteiger partial charge in [-0.3, -0.25) is 0 Å². The predicted octanol–water partition coefficient (Wildman–Crippen LogP) is 5.79. The van der Waals surface area contributed by atoms with Gasteiger partial charge in [0.05, 0.1) is 0 Å². The van der Waals surface area contributed by atoms with Crippen molar-refractivity contribution in [1.29, 1.82) is 0 Å². The largest absolute Gasteiger partial charge is 0.314 e. The van der Waals surface area contributed by atoms with Gasteiger partial charge >= 0.3 is 0 Å². The van der Waals surface area contributed by atoms with Gasteiger partial charge in [0.1, 0.15) is 0 Å². The van der Waals surface area contributed by atoms with Crippen LogP contribution in [-0.2, 0) is 0 Å². The number of nitrogens with one attached hydrogen (secondary N) is 1. The Morgan fingerprint density at radius 1 is 1.10 bits per heavy atom. The normalized spacial score (nSPS) is 28.8. The molecule has 1 saturated carbocycles. The number of hydrogen-bond acceptors (Lipinski definition) is 1. The molecule has 20 heavy (non-hydrogen) atoms. The minimum Gasteiger partial charge on any atom is -0.314 e. The van der Waals surface area contributed by atoms with Gasteiger partial charge in [0, 0.05) is 12.6 Å². The third-order valence-electron chi connectivity index (χ3n) is 5.50. The van der Waals surface area contributed by atoms with E-state index < -0.39 is 0 Å². The first-order valence-corrected chi connectivity index (χ1v) is 9.24. The first kappa shape index (κ1) is 18.0. The van der Waals surface area contributed by atoms with Crippen molar-refractivity contribution >= 4 is 0 Å². The third kappa shape index (κ3) is 6.16. The van der Waals surface area contributed by atoms with E-state index in [-0.39, 0.29) is 0 Å². The molecule has 0 amide bonds. The molecule has 0 saturated heterocycles. The Morgan fingerprint density at radius 2 is 1.75 bits per heavy atom. The van der Waals surface area contributed by atoms with E-state index in [2.05, 4.69) is 39.9 Å². The molecule has 1 heteroatoms. The van der Waals surface area contributed by atoms with Gasteiger partial charge in [-0.05, 0) is 49.4 Å². The molecule has 1 atom stereocenters. The number of rotatable bonds is 9. The topological polar surface area (TPSA) is 12.0 Å². The monoisotopic (exact) mass is 281 g/mol. The summed E-state index contributed by atoms with van der Waals surface area (Å²) in [6, 6.07) is 0.627. The number of unbranched alkanes of at least 4 members (excludes halogenated alkanes) is 1. The Balaban J connectivity index is 2.52. The lowest BCUT2D eigenvalue weighted by atomic mass is 9.65. The predicted molar refractivity (Wildman–Crippen MR) is 91.1 cm³/mol. The summed E-state index contributed by atoms with van der Waals surface area (Å²) in [5, 5.41) is 3.74. The quantitative estimate of drug-likeness (QED) is 0.564. The van der Waals surface area contributed by atoms with Crippen molar-refractivity contribution in [1.82, 2.24) is 5.32 Å². The van der Waals surface area contributed by atoms with Crippen LogP contribution in [-0.4, -0.2) is 12.6 Å². The maximum Gasteiger partial charge on any atom is 0.00106 e. The molecular formula is C19H39N. The molecule has 1 N–H and O–H groups in total.